The number of hydrogen-bond acceptors (Lipinski definition) is 2. The summed E-state index contributed by atoms with van der Waals surface area (Å²) >= 11 is 0. The average molecular weight is 236 g/mol. The quantitative estimate of drug-likeness (QED) is 0.759. The Kier molecular flexibility index (Phi) is 3.19. The highest BCUT2D eigenvalue weighted by molar-refractivity contribution is 6.00. The summed E-state index contributed by atoms with van der Waals surface area (Å²) in [4.78, 5) is 11.9. The summed E-state index contributed by atoms with van der Waals surface area (Å²) in [5, 5.41) is 9.84. The molecule has 0 radical (unpaired) electrons. The van der Waals surface area contributed by atoms with Gasteiger partial charge in [0.25, 0.3) is 0 Å². The van der Waals surface area contributed by atoms with Crippen LogP contribution in [-0.4, -0.2) is 17.0 Å². The Morgan fingerprint density at radius 1 is 1.41 bits per heavy atom. The largest absolute Gasteiger partial charge is 0.385 e. The molecule has 96 valence electrons. The van der Waals surface area contributed by atoms with Crippen LogP contribution in [0.3, 0.4) is 0 Å². The van der Waals surface area contributed by atoms with Crippen LogP contribution >= 0.6 is 0 Å². The number of carbonyl (C=O) groups excluding carboxylic acids is 1. The summed E-state index contributed by atoms with van der Waals surface area (Å²) in [5.41, 5.74) is 2.25. The van der Waals surface area contributed by atoms with Gasteiger partial charge < -0.3 is 5.11 Å². The van der Waals surface area contributed by atoms with Crippen molar-refractivity contribution in [1.29, 1.82) is 0 Å². The number of aliphatic hydroxyl groups is 1. The maximum absolute atomic E-state index is 11.9. The molecular weight excluding hydrogens is 212 g/mol. The van der Waals surface area contributed by atoms with E-state index in [4.69, 9.17) is 0 Å². The van der Waals surface area contributed by atoms with Crippen molar-refractivity contribution in [2.75, 3.05) is 0 Å². The van der Waals surface area contributed by atoms with Crippen molar-refractivity contribution < 1.29 is 9.90 Å². The van der Waals surface area contributed by atoms with Crippen LogP contribution in [0.25, 0.3) is 0 Å². The van der Waals surface area contributed by atoms with Crippen LogP contribution in [0.15, 0.2) is 11.1 Å². The fraction of sp³-hybridized carbons (Fsp3) is 0.800. The minimum atomic E-state index is -0.764. The second-order valence-corrected chi connectivity index (χ2v) is 6.50. The number of carbonyl (C=O) groups is 1. The van der Waals surface area contributed by atoms with Crippen LogP contribution in [0.1, 0.15) is 53.4 Å². The van der Waals surface area contributed by atoms with Gasteiger partial charge in [-0.2, -0.15) is 0 Å². The average Bonchev–Trinajstić information content (AvgIpc) is 2.25. The molecule has 1 N–H and O–H groups in total. The zero-order chi connectivity index (χ0) is 12.8. The Labute approximate surface area is 104 Å². The number of fused-ring (bicyclic) bond motifs is 1. The van der Waals surface area contributed by atoms with E-state index >= 15 is 0 Å². The molecule has 2 heteroatoms. The molecular formula is C15H24O2. The topological polar surface area (TPSA) is 37.3 Å². The molecule has 2 rings (SSSR count). The highest BCUT2D eigenvalue weighted by atomic mass is 16.3. The van der Waals surface area contributed by atoms with Crippen molar-refractivity contribution in [2.24, 2.45) is 17.3 Å². The van der Waals surface area contributed by atoms with E-state index in [0.717, 1.165) is 18.4 Å². The lowest BCUT2D eigenvalue weighted by Crippen LogP contribution is -2.41. The highest BCUT2D eigenvalue weighted by Crippen LogP contribution is 2.51. The van der Waals surface area contributed by atoms with Gasteiger partial charge in [-0.05, 0) is 55.4 Å². The number of hydrogen-bond donors (Lipinski definition) is 1. The molecule has 0 bridgehead atoms. The van der Waals surface area contributed by atoms with E-state index in [-0.39, 0.29) is 11.2 Å². The van der Waals surface area contributed by atoms with Crippen molar-refractivity contribution in [1.82, 2.24) is 0 Å². The third-order valence-corrected chi connectivity index (χ3v) is 4.97. The first kappa shape index (κ1) is 12.8. The standard InChI is InChI=1S/C15H24O2/c1-9(2)11-5-6-15(4)8-13(16)14(17)10(3)12(15)7-11/h9,11,13,16H,5-8H2,1-4H3. The first-order valence-corrected chi connectivity index (χ1v) is 6.77. The molecule has 0 amide bonds. The van der Waals surface area contributed by atoms with E-state index in [0.29, 0.717) is 18.3 Å². The van der Waals surface area contributed by atoms with Gasteiger partial charge in [0, 0.05) is 0 Å². The molecule has 0 aromatic heterocycles. The van der Waals surface area contributed by atoms with Crippen LogP contribution in [0.2, 0.25) is 0 Å². The van der Waals surface area contributed by atoms with Crippen LogP contribution in [0.4, 0.5) is 0 Å². The van der Waals surface area contributed by atoms with E-state index in [1.54, 1.807) is 0 Å². The fourth-order valence-electron chi connectivity index (χ4n) is 3.58. The molecule has 1 saturated carbocycles. The summed E-state index contributed by atoms with van der Waals surface area (Å²) < 4.78 is 0. The third kappa shape index (κ3) is 2.08. The minimum Gasteiger partial charge on any atom is -0.385 e. The van der Waals surface area contributed by atoms with Crippen LogP contribution in [-0.2, 0) is 4.79 Å². The van der Waals surface area contributed by atoms with Crippen molar-refractivity contribution in [3.05, 3.63) is 11.1 Å². The summed E-state index contributed by atoms with van der Waals surface area (Å²) in [6.07, 6.45) is 3.26. The summed E-state index contributed by atoms with van der Waals surface area (Å²) in [5.74, 6) is 1.35. The SMILES string of the molecule is CC1=C2CC(C(C)C)CCC2(C)CC(O)C1=O. The van der Waals surface area contributed by atoms with Gasteiger partial charge in [0.05, 0.1) is 0 Å². The van der Waals surface area contributed by atoms with E-state index in [1.807, 2.05) is 6.92 Å². The predicted octanol–water partition coefficient (Wildman–Crippen LogP) is 3.10. The van der Waals surface area contributed by atoms with Gasteiger partial charge in [-0.25, -0.2) is 0 Å². The van der Waals surface area contributed by atoms with E-state index in [1.165, 1.54) is 12.0 Å². The van der Waals surface area contributed by atoms with E-state index in [9.17, 15) is 9.90 Å². The molecule has 0 heterocycles. The highest BCUT2D eigenvalue weighted by Gasteiger charge is 2.44. The molecule has 0 saturated heterocycles. The Hall–Kier alpha value is -0.630. The van der Waals surface area contributed by atoms with Crippen LogP contribution < -0.4 is 0 Å². The molecule has 0 spiro atoms. The van der Waals surface area contributed by atoms with Gasteiger partial charge in [-0.3, -0.25) is 4.79 Å². The lowest BCUT2D eigenvalue weighted by molar-refractivity contribution is -0.126. The van der Waals surface area contributed by atoms with Crippen molar-refractivity contribution in [3.8, 4) is 0 Å². The monoisotopic (exact) mass is 236 g/mol. The Balaban J connectivity index is 2.35. The lowest BCUT2D eigenvalue weighted by Gasteiger charge is -2.45. The molecule has 2 nitrogen and oxygen atoms in total. The Bertz CT molecular complexity index is 367. The third-order valence-electron chi connectivity index (χ3n) is 4.97. The number of Topliss-reactive ketones (excluding diaryl/α,β-unsaturated/α-hetero) is 1. The predicted molar refractivity (Wildman–Crippen MR) is 68.6 cm³/mol. The molecule has 0 aliphatic heterocycles. The van der Waals surface area contributed by atoms with Gasteiger partial charge >= 0.3 is 0 Å². The van der Waals surface area contributed by atoms with E-state index < -0.39 is 6.10 Å². The van der Waals surface area contributed by atoms with Crippen molar-refractivity contribution in [2.45, 2.75) is 59.5 Å². The van der Waals surface area contributed by atoms with Gasteiger partial charge in [0.15, 0.2) is 5.78 Å². The zero-order valence-electron chi connectivity index (χ0n) is 11.4. The first-order chi connectivity index (χ1) is 7.85. The van der Waals surface area contributed by atoms with Crippen LogP contribution in [0, 0.1) is 17.3 Å². The molecule has 17 heavy (non-hydrogen) atoms. The van der Waals surface area contributed by atoms with Crippen molar-refractivity contribution in [3.63, 3.8) is 0 Å². The molecule has 0 aromatic rings. The van der Waals surface area contributed by atoms with Gasteiger partial charge in [0.2, 0.25) is 0 Å². The number of allylic oxidation sites excluding steroid dienone is 1. The maximum Gasteiger partial charge on any atom is 0.186 e. The van der Waals surface area contributed by atoms with E-state index in [2.05, 4.69) is 20.8 Å². The first-order valence-electron chi connectivity index (χ1n) is 6.77. The maximum atomic E-state index is 11.9. The molecule has 0 aromatic carbocycles. The summed E-state index contributed by atoms with van der Waals surface area (Å²) in [6, 6.07) is 0. The van der Waals surface area contributed by atoms with Gasteiger partial charge in [-0.15, -0.1) is 0 Å². The molecule has 3 unspecified atom stereocenters. The minimum absolute atomic E-state index is 0.0399. The fourth-order valence-corrected chi connectivity index (χ4v) is 3.58. The normalized spacial score (nSPS) is 38.6. The molecule has 3 atom stereocenters. The Morgan fingerprint density at radius 3 is 2.65 bits per heavy atom. The summed E-state index contributed by atoms with van der Waals surface area (Å²) in [6.45, 7) is 8.66. The molecule has 1 fully saturated rings. The molecule has 2 aliphatic carbocycles. The summed E-state index contributed by atoms with van der Waals surface area (Å²) in [7, 11) is 0. The Morgan fingerprint density at radius 2 is 2.06 bits per heavy atom. The van der Waals surface area contributed by atoms with Gasteiger partial charge in [-0.1, -0.05) is 26.3 Å². The molecule has 2 aliphatic rings. The smallest absolute Gasteiger partial charge is 0.186 e. The number of ketones is 1. The van der Waals surface area contributed by atoms with Crippen molar-refractivity contribution >= 4 is 5.78 Å². The second-order valence-electron chi connectivity index (χ2n) is 6.50. The lowest BCUT2D eigenvalue weighted by atomic mass is 9.59. The zero-order valence-corrected chi connectivity index (χ0v) is 11.4. The van der Waals surface area contributed by atoms with Crippen LogP contribution in [0.5, 0.6) is 0 Å². The number of rotatable bonds is 1. The number of aliphatic hydroxyl groups excluding tert-OH is 1. The second kappa shape index (κ2) is 4.24. The van der Waals surface area contributed by atoms with Gasteiger partial charge in [0.1, 0.15) is 6.10 Å².